The Hall–Kier alpha value is -1.78. The first-order chi connectivity index (χ1) is 8.50. The molecule has 0 atom stereocenters. The van der Waals surface area contributed by atoms with Crippen LogP contribution in [0.5, 0.6) is 0 Å². The van der Waals surface area contributed by atoms with E-state index in [0.29, 0.717) is 18.1 Å². The van der Waals surface area contributed by atoms with Gasteiger partial charge in [0.15, 0.2) is 0 Å². The minimum atomic E-state index is 0.0346. The molecule has 1 aromatic heterocycles. The van der Waals surface area contributed by atoms with E-state index in [1.54, 1.807) is 6.20 Å². The molecular formula is C13H22N4O. The lowest BCUT2D eigenvalue weighted by Crippen LogP contribution is -2.29. The second kappa shape index (κ2) is 6.83. The molecule has 4 N–H and O–H groups in total. The van der Waals surface area contributed by atoms with Crippen molar-refractivity contribution < 1.29 is 4.79 Å². The summed E-state index contributed by atoms with van der Waals surface area (Å²) in [5.74, 6) is 0.825. The number of pyridine rings is 1. The second-order valence-electron chi connectivity index (χ2n) is 4.68. The zero-order valence-corrected chi connectivity index (χ0v) is 11.3. The molecule has 5 heteroatoms. The Bertz CT molecular complexity index is 404. The predicted octanol–water partition coefficient (Wildman–Crippen LogP) is 1.55. The summed E-state index contributed by atoms with van der Waals surface area (Å²) in [5.41, 5.74) is 7.53. The van der Waals surface area contributed by atoms with Gasteiger partial charge in [-0.15, -0.1) is 0 Å². The maximum atomic E-state index is 11.3. The van der Waals surface area contributed by atoms with Gasteiger partial charge < -0.3 is 16.4 Å². The third kappa shape index (κ3) is 4.61. The molecule has 0 saturated heterocycles. The average molecular weight is 250 g/mol. The molecule has 0 aliphatic rings. The van der Waals surface area contributed by atoms with Gasteiger partial charge in [-0.2, -0.15) is 0 Å². The molecule has 100 valence electrons. The number of rotatable bonds is 6. The van der Waals surface area contributed by atoms with Crippen LogP contribution in [0.1, 0.15) is 25.8 Å². The normalized spacial score (nSPS) is 10.4. The van der Waals surface area contributed by atoms with E-state index in [1.165, 1.54) is 0 Å². The molecule has 18 heavy (non-hydrogen) atoms. The number of anilines is 2. The molecule has 5 nitrogen and oxygen atoms in total. The summed E-state index contributed by atoms with van der Waals surface area (Å²) < 4.78 is 0. The summed E-state index contributed by atoms with van der Waals surface area (Å²) in [6, 6.07) is 1.88. The van der Waals surface area contributed by atoms with Crippen molar-refractivity contribution in [3.05, 3.63) is 17.8 Å². The van der Waals surface area contributed by atoms with Crippen molar-refractivity contribution in [2.45, 2.75) is 27.2 Å². The first-order valence-corrected chi connectivity index (χ1v) is 6.24. The zero-order valence-electron chi connectivity index (χ0n) is 11.3. The van der Waals surface area contributed by atoms with Gasteiger partial charge in [0.25, 0.3) is 0 Å². The number of amides is 1. The summed E-state index contributed by atoms with van der Waals surface area (Å²) in [4.78, 5) is 15.5. The monoisotopic (exact) mass is 250 g/mol. The van der Waals surface area contributed by atoms with Gasteiger partial charge in [-0.05, 0) is 25.0 Å². The Morgan fingerprint density at radius 1 is 1.44 bits per heavy atom. The molecule has 0 fully saturated rings. The third-order valence-electron chi connectivity index (χ3n) is 2.52. The zero-order chi connectivity index (χ0) is 13.5. The van der Waals surface area contributed by atoms with Crippen molar-refractivity contribution in [3.63, 3.8) is 0 Å². The number of nitrogens with two attached hydrogens (primary N) is 1. The number of nitrogens with zero attached hydrogens (tertiary/aromatic N) is 1. The van der Waals surface area contributed by atoms with Crippen LogP contribution in [0.4, 0.5) is 11.5 Å². The number of nitrogen functional groups attached to an aromatic ring is 1. The van der Waals surface area contributed by atoms with Crippen LogP contribution in [-0.2, 0) is 4.79 Å². The largest absolute Gasteiger partial charge is 0.396 e. The summed E-state index contributed by atoms with van der Waals surface area (Å²) in [6.45, 7) is 7.11. The fraction of sp³-hybridized carbons (Fsp3) is 0.538. The van der Waals surface area contributed by atoms with Crippen LogP contribution < -0.4 is 16.4 Å². The van der Waals surface area contributed by atoms with Crippen LogP contribution in [0.3, 0.4) is 0 Å². The van der Waals surface area contributed by atoms with E-state index < -0.39 is 0 Å². The molecular weight excluding hydrogens is 228 g/mol. The molecule has 0 aromatic carbocycles. The molecule has 1 rings (SSSR count). The number of carbonyl (C=O) groups is 1. The van der Waals surface area contributed by atoms with E-state index in [9.17, 15) is 4.79 Å². The smallest absolute Gasteiger partial charge is 0.222 e. The number of hydrogen-bond donors (Lipinski definition) is 3. The van der Waals surface area contributed by atoms with Gasteiger partial charge >= 0.3 is 0 Å². The maximum absolute atomic E-state index is 11.3. The van der Waals surface area contributed by atoms with E-state index in [1.807, 2.05) is 26.8 Å². The SMILES string of the molecule is Cc1cnc(NCCCNC(=O)C(C)C)c(N)c1. The second-order valence-corrected chi connectivity index (χ2v) is 4.68. The van der Waals surface area contributed by atoms with Crippen molar-refractivity contribution in [2.24, 2.45) is 5.92 Å². The fourth-order valence-corrected chi connectivity index (χ4v) is 1.45. The Morgan fingerprint density at radius 3 is 2.78 bits per heavy atom. The van der Waals surface area contributed by atoms with Crippen molar-refractivity contribution >= 4 is 17.4 Å². The molecule has 0 radical (unpaired) electrons. The van der Waals surface area contributed by atoms with Gasteiger partial charge in [0, 0.05) is 25.2 Å². The predicted molar refractivity (Wildman–Crippen MR) is 74.3 cm³/mol. The lowest BCUT2D eigenvalue weighted by atomic mass is 10.2. The number of hydrogen-bond acceptors (Lipinski definition) is 4. The summed E-state index contributed by atoms with van der Waals surface area (Å²) in [5, 5.41) is 6.02. The molecule has 0 aliphatic carbocycles. The van der Waals surface area contributed by atoms with Crippen LogP contribution in [0.25, 0.3) is 0 Å². The van der Waals surface area contributed by atoms with E-state index in [4.69, 9.17) is 5.73 Å². The highest BCUT2D eigenvalue weighted by atomic mass is 16.1. The molecule has 0 bridgehead atoms. The summed E-state index contributed by atoms with van der Waals surface area (Å²) >= 11 is 0. The Kier molecular flexibility index (Phi) is 5.42. The highest BCUT2D eigenvalue weighted by Crippen LogP contribution is 2.15. The Morgan fingerprint density at radius 2 is 2.17 bits per heavy atom. The lowest BCUT2D eigenvalue weighted by molar-refractivity contribution is -0.123. The van der Waals surface area contributed by atoms with Gasteiger partial charge in [-0.25, -0.2) is 4.98 Å². The Labute approximate surface area is 108 Å². The quantitative estimate of drug-likeness (QED) is 0.669. The van der Waals surface area contributed by atoms with Crippen molar-refractivity contribution in [1.29, 1.82) is 0 Å². The standard InChI is InChI=1S/C13H22N4O/c1-9(2)13(18)16-6-4-5-15-12-11(14)7-10(3)8-17-12/h7-9H,4-6,14H2,1-3H3,(H,15,17)(H,16,18). The van der Waals surface area contributed by atoms with Crippen molar-refractivity contribution in [1.82, 2.24) is 10.3 Å². The first kappa shape index (κ1) is 14.3. The van der Waals surface area contributed by atoms with Gasteiger partial charge in [0.05, 0.1) is 5.69 Å². The topological polar surface area (TPSA) is 80.0 Å². The lowest BCUT2D eigenvalue weighted by Gasteiger charge is -2.10. The number of carbonyl (C=O) groups excluding carboxylic acids is 1. The molecule has 1 heterocycles. The highest BCUT2D eigenvalue weighted by Gasteiger charge is 2.05. The third-order valence-corrected chi connectivity index (χ3v) is 2.52. The molecule has 0 spiro atoms. The fourth-order valence-electron chi connectivity index (χ4n) is 1.45. The molecule has 0 saturated carbocycles. The van der Waals surface area contributed by atoms with E-state index >= 15 is 0 Å². The first-order valence-electron chi connectivity index (χ1n) is 6.24. The number of nitrogens with one attached hydrogen (secondary N) is 2. The van der Waals surface area contributed by atoms with E-state index in [0.717, 1.165) is 18.5 Å². The molecule has 0 aliphatic heterocycles. The van der Waals surface area contributed by atoms with Crippen LogP contribution in [0, 0.1) is 12.8 Å². The maximum Gasteiger partial charge on any atom is 0.222 e. The van der Waals surface area contributed by atoms with Crippen molar-refractivity contribution in [2.75, 3.05) is 24.1 Å². The van der Waals surface area contributed by atoms with Gasteiger partial charge in [-0.3, -0.25) is 4.79 Å². The summed E-state index contributed by atoms with van der Waals surface area (Å²) in [6.07, 6.45) is 2.62. The van der Waals surface area contributed by atoms with E-state index in [2.05, 4.69) is 15.6 Å². The minimum absolute atomic E-state index is 0.0346. The summed E-state index contributed by atoms with van der Waals surface area (Å²) in [7, 11) is 0. The number of aromatic nitrogens is 1. The highest BCUT2D eigenvalue weighted by molar-refractivity contribution is 5.77. The Balaban J connectivity index is 2.24. The minimum Gasteiger partial charge on any atom is -0.396 e. The van der Waals surface area contributed by atoms with Crippen molar-refractivity contribution in [3.8, 4) is 0 Å². The van der Waals surface area contributed by atoms with Crippen LogP contribution in [0.15, 0.2) is 12.3 Å². The molecule has 1 amide bonds. The van der Waals surface area contributed by atoms with Crippen LogP contribution in [0.2, 0.25) is 0 Å². The number of aryl methyl sites for hydroxylation is 1. The molecule has 1 aromatic rings. The van der Waals surface area contributed by atoms with Crippen LogP contribution >= 0.6 is 0 Å². The van der Waals surface area contributed by atoms with Gasteiger partial charge in [-0.1, -0.05) is 13.8 Å². The average Bonchev–Trinajstić information content (AvgIpc) is 2.30. The van der Waals surface area contributed by atoms with Gasteiger partial charge in [0.1, 0.15) is 5.82 Å². The van der Waals surface area contributed by atoms with E-state index in [-0.39, 0.29) is 11.8 Å². The molecule has 0 unspecified atom stereocenters. The van der Waals surface area contributed by atoms with Gasteiger partial charge in [0.2, 0.25) is 5.91 Å². The van der Waals surface area contributed by atoms with Crippen LogP contribution in [-0.4, -0.2) is 24.0 Å².